The van der Waals surface area contributed by atoms with Crippen LogP contribution in [0.4, 0.5) is 5.69 Å². The van der Waals surface area contributed by atoms with Gasteiger partial charge in [-0.1, -0.05) is 17.7 Å². The first kappa shape index (κ1) is 23.1. The van der Waals surface area contributed by atoms with Crippen LogP contribution in [0, 0.1) is 13.8 Å². The molecule has 1 atom stereocenters. The van der Waals surface area contributed by atoms with Gasteiger partial charge < -0.3 is 25.6 Å². The fourth-order valence-electron chi connectivity index (χ4n) is 3.47. The third-order valence-electron chi connectivity index (χ3n) is 4.90. The topological polar surface area (TPSA) is 148 Å². The summed E-state index contributed by atoms with van der Waals surface area (Å²) in [5.41, 5.74) is 8.37. The number of halogens is 1. The van der Waals surface area contributed by atoms with E-state index in [1.54, 1.807) is 20.0 Å². The highest BCUT2D eigenvalue weighted by Crippen LogP contribution is 2.30. The summed E-state index contributed by atoms with van der Waals surface area (Å²) in [4.78, 5) is 28.6. The minimum absolute atomic E-state index is 0.0693. The number of fused-ring (bicyclic) bond motifs is 1. The molecule has 1 unspecified atom stereocenters. The molecule has 0 amide bonds. The molecule has 0 spiro atoms. The Hall–Kier alpha value is -3.56. The van der Waals surface area contributed by atoms with Crippen molar-refractivity contribution in [3.63, 3.8) is 0 Å². The van der Waals surface area contributed by atoms with E-state index < -0.39 is 12.0 Å². The normalized spacial score (nSPS) is 12.6. The van der Waals surface area contributed by atoms with Crippen molar-refractivity contribution in [2.24, 2.45) is 11.6 Å². The Balaban J connectivity index is 2.19. The lowest BCUT2D eigenvalue weighted by Gasteiger charge is -2.20. The van der Waals surface area contributed by atoms with E-state index in [0.29, 0.717) is 22.1 Å². The number of nitrogens with one attached hydrogen (secondary N) is 1. The quantitative estimate of drug-likeness (QED) is 0.248. The summed E-state index contributed by atoms with van der Waals surface area (Å²) in [7, 11) is 1.60. The molecule has 0 saturated heterocycles. The minimum Gasteiger partial charge on any atom is -0.476 e. The largest absolute Gasteiger partial charge is 0.476 e. The van der Waals surface area contributed by atoms with Crippen LogP contribution in [-0.2, 0) is 0 Å². The number of nitrogens with two attached hydrogens (primary N) is 2. The molecule has 3 rings (SSSR count). The lowest BCUT2D eigenvalue weighted by atomic mass is 9.99. The highest BCUT2D eigenvalue weighted by atomic mass is 35.5. The van der Waals surface area contributed by atoms with Gasteiger partial charge in [0.05, 0.1) is 22.8 Å². The monoisotopic (exact) mass is 457 g/mol. The van der Waals surface area contributed by atoms with Gasteiger partial charge >= 0.3 is 5.97 Å². The fraction of sp³-hybridized carbons (Fsp3) is 0.227. The number of hydrogen-bond donors (Lipinski definition) is 4. The molecule has 3 aromatic rings. The molecule has 168 valence electrons. The molecule has 6 N–H and O–H groups in total. The number of hydrogen-bond acceptors (Lipinski definition) is 8. The molecule has 0 bridgehead atoms. The number of carboxylic acid groups (broad SMARTS) is 1. The standard InChI is InChI=1S/C22H24ClN5O4/c1-10-7-13(12(3)26-16-5-6-17(23)27-18(16)22(30)31)21-14(8-10)19(29)11(2)20(32-21)15(24)9-28(4)25/h5-9,12,26H,24-25H2,1-4H3,(H,30,31)/b15-9-. The van der Waals surface area contributed by atoms with Crippen LogP contribution in [0.25, 0.3) is 16.7 Å². The molecular weight excluding hydrogens is 434 g/mol. The van der Waals surface area contributed by atoms with Crippen molar-refractivity contribution in [3.05, 3.63) is 74.0 Å². The number of aromatic carboxylic acids is 1. The lowest BCUT2D eigenvalue weighted by molar-refractivity contribution is 0.0691. The number of carboxylic acids is 1. The molecule has 0 saturated carbocycles. The molecule has 0 aliphatic rings. The second-order valence-corrected chi connectivity index (χ2v) is 7.95. The first-order chi connectivity index (χ1) is 15.0. The van der Waals surface area contributed by atoms with E-state index in [1.807, 2.05) is 19.9 Å². The Kier molecular flexibility index (Phi) is 6.42. The zero-order valence-electron chi connectivity index (χ0n) is 18.1. The van der Waals surface area contributed by atoms with Gasteiger partial charge in [-0.2, -0.15) is 0 Å². The first-order valence-corrected chi connectivity index (χ1v) is 10.1. The second kappa shape index (κ2) is 8.89. The van der Waals surface area contributed by atoms with E-state index in [2.05, 4.69) is 10.3 Å². The van der Waals surface area contributed by atoms with Crippen LogP contribution in [0.2, 0.25) is 5.15 Å². The second-order valence-electron chi connectivity index (χ2n) is 7.57. The highest BCUT2D eigenvalue weighted by molar-refractivity contribution is 6.29. The van der Waals surface area contributed by atoms with Crippen molar-refractivity contribution >= 4 is 39.9 Å². The van der Waals surface area contributed by atoms with Gasteiger partial charge in [0.1, 0.15) is 10.7 Å². The molecule has 2 aromatic heterocycles. The molecule has 0 aliphatic carbocycles. The van der Waals surface area contributed by atoms with Crippen LogP contribution in [0.5, 0.6) is 0 Å². The van der Waals surface area contributed by atoms with Crippen LogP contribution < -0.4 is 22.3 Å². The smallest absolute Gasteiger partial charge is 0.356 e. The molecule has 9 nitrogen and oxygen atoms in total. The van der Waals surface area contributed by atoms with Crippen LogP contribution in [0.1, 0.15) is 45.9 Å². The molecule has 32 heavy (non-hydrogen) atoms. The zero-order chi connectivity index (χ0) is 23.7. The number of aryl methyl sites for hydroxylation is 1. The number of anilines is 1. The van der Waals surface area contributed by atoms with E-state index in [0.717, 1.165) is 5.56 Å². The van der Waals surface area contributed by atoms with E-state index in [9.17, 15) is 14.7 Å². The molecular formula is C22H24ClN5O4. The van der Waals surface area contributed by atoms with Gasteiger partial charge in [-0.3, -0.25) is 4.79 Å². The van der Waals surface area contributed by atoms with Gasteiger partial charge in [-0.05, 0) is 44.5 Å². The molecule has 2 heterocycles. The summed E-state index contributed by atoms with van der Waals surface area (Å²) >= 11 is 5.85. The number of benzene rings is 1. The highest BCUT2D eigenvalue weighted by Gasteiger charge is 2.21. The van der Waals surface area contributed by atoms with Crippen molar-refractivity contribution in [1.82, 2.24) is 9.99 Å². The number of pyridine rings is 1. The Morgan fingerprint density at radius 1 is 1.34 bits per heavy atom. The van der Waals surface area contributed by atoms with Crippen LogP contribution in [0.15, 0.2) is 39.7 Å². The zero-order valence-corrected chi connectivity index (χ0v) is 18.8. The van der Waals surface area contributed by atoms with Crippen LogP contribution in [0.3, 0.4) is 0 Å². The number of carbonyl (C=O) groups is 1. The van der Waals surface area contributed by atoms with Crippen molar-refractivity contribution in [2.75, 3.05) is 12.4 Å². The average Bonchev–Trinajstić information content (AvgIpc) is 2.70. The predicted molar refractivity (Wildman–Crippen MR) is 124 cm³/mol. The van der Waals surface area contributed by atoms with Crippen LogP contribution in [-0.4, -0.2) is 28.1 Å². The summed E-state index contributed by atoms with van der Waals surface area (Å²) < 4.78 is 6.11. The number of hydrazine groups is 1. The van der Waals surface area contributed by atoms with E-state index in [-0.39, 0.29) is 33.4 Å². The Morgan fingerprint density at radius 3 is 2.66 bits per heavy atom. The number of nitrogens with zero attached hydrogens (tertiary/aromatic N) is 2. The predicted octanol–water partition coefficient (Wildman–Crippen LogP) is 3.39. The fourth-order valence-corrected chi connectivity index (χ4v) is 3.62. The van der Waals surface area contributed by atoms with Crippen LogP contribution >= 0.6 is 11.6 Å². The van der Waals surface area contributed by atoms with Gasteiger partial charge in [0, 0.05) is 24.4 Å². The molecule has 10 heteroatoms. The van der Waals surface area contributed by atoms with Gasteiger partial charge in [0.25, 0.3) is 0 Å². The Labute approximate surface area is 189 Å². The molecule has 1 aromatic carbocycles. The first-order valence-electron chi connectivity index (χ1n) is 9.69. The summed E-state index contributed by atoms with van der Waals surface area (Å²) in [6, 6.07) is 6.20. The van der Waals surface area contributed by atoms with E-state index in [4.69, 9.17) is 27.6 Å². The third-order valence-corrected chi connectivity index (χ3v) is 5.11. The third kappa shape index (κ3) is 4.53. The van der Waals surface area contributed by atoms with Gasteiger partial charge in [-0.25, -0.2) is 15.6 Å². The van der Waals surface area contributed by atoms with E-state index >= 15 is 0 Å². The summed E-state index contributed by atoms with van der Waals surface area (Å²) in [6.45, 7) is 5.32. The summed E-state index contributed by atoms with van der Waals surface area (Å²) in [5.74, 6) is 4.65. The van der Waals surface area contributed by atoms with Crippen molar-refractivity contribution in [3.8, 4) is 0 Å². The maximum Gasteiger partial charge on any atom is 0.356 e. The molecule has 0 fully saturated rings. The number of rotatable bonds is 6. The van der Waals surface area contributed by atoms with Crippen molar-refractivity contribution in [2.45, 2.75) is 26.8 Å². The van der Waals surface area contributed by atoms with Crippen molar-refractivity contribution < 1.29 is 14.3 Å². The maximum atomic E-state index is 13.1. The maximum absolute atomic E-state index is 13.1. The van der Waals surface area contributed by atoms with Gasteiger partial charge in [-0.15, -0.1) is 0 Å². The molecule has 0 radical (unpaired) electrons. The Morgan fingerprint density at radius 2 is 2.03 bits per heavy atom. The number of aromatic nitrogens is 1. The Bertz CT molecular complexity index is 1300. The average molecular weight is 458 g/mol. The van der Waals surface area contributed by atoms with Gasteiger partial charge in [0.2, 0.25) is 0 Å². The van der Waals surface area contributed by atoms with Gasteiger partial charge in [0.15, 0.2) is 16.9 Å². The minimum atomic E-state index is -1.22. The van der Waals surface area contributed by atoms with Crippen molar-refractivity contribution in [1.29, 1.82) is 0 Å². The summed E-state index contributed by atoms with van der Waals surface area (Å²) in [5, 5.41) is 14.3. The lowest BCUT2D eigenvalue weighted by Crippen LogP contribution is -2.21. The summed E-state index contributed by atoms with van der Waals surface area (Å²) in [6.07, 6.45) is 1.45. The van der Waals surface area contributed by atoms with E-state index in [1.165, 1.54) is 23.3 Å². The SMILES string of the molecule is Cc1cc(C(C)Nc2ccc(Cl)nc2C(=O)O)c2oc(/C(N)=C/N(C)N)c(C)c(=O)c2c1. The molecule has 0 aliphatic heterocycles.